The van der Waals surface area contributed by atoms with Gasteiger partial charge in [0.15, 0.2) is 0 Å². The van der Waals surface area contributed by atoms with E-state index < -0.39 is 0 Å². The molecule has 2 aliphatic rings. The minimum Gasteiger partial charge on any atom is -0.429 e. The first-order valence-electron chi connectivity index (χ1n) is 5.68. The lowest BCUT2D eigenvalue weighted by atomic mass is 9.79. The van der Waals surface area contributed by atoms with Gasteiger partial charge in [0.25, 0.3) is 6.01 Å². The highest BCUT2D eigenvalue weighted by Gasteiger charge is 2.36. The number of nitrogen functional groups attached to an aromatic ring is 1. The molecule has 2 heterocycles. The first kappa shape index (κ1) is 14.6. The van der Waals surface area contributed by atoms with Gasteiger partial charge in [-0.15, -0.1) is 24.8 Å². The topological polar surface area (TPSA) is 55.3 Å². The molecule has 17 heavy (non-hydrogen) atoms. The third-order valence-electron chi connectivity index (χ3n) is 3.84. The fourth-order valence-corrected chi connectivity index (χ4v) is 3.04. The number of fused-ring (bicyclic) bond motifs is 2. The number of nitrogens with two attached hydrogens (primary N) is 1. The van der Waals surface area contributed by atoms with Gasteiger partial charge in [-0.25, -0.2) is 0 Å². The molecule has 1 fully saturated rings. The number of likely N-dealkylation sites (tertiary alicyclic amines) is 1. The van der Waals surface area contributed by atoms with Crippen molar-refractivity contribution >= 4 is 30.8 Å². The maximum absolute atomic E-state index is 5.59. The standard InChI is InChI=1S/C11H17N3O.2ClH/c1-14-4-2-3-7-5-8-10(6-9(7)14)15-11(12)13-8;;/h7,9H,2-6H2,1H3,(H2,12,13);2*1H/t7-,9-;;/m0../s1. The van der Waals surface area contributed by atoms with Crippen molar-refractivity contribution in [3.8, 4) is 0 Å². The van der Waals surface area contributed by atoms with Crippen LogP contribution in [0.25, 0.3) is 0 Å². The highest BCUT2D eigenvalue weighted by atomic mass is 35.5. The largest absolute Gasteiger partial charge is 0.429 e. The van der Waals surface area contributed by atoms with Gasteiger partial charge in [0.1, 0.15) is 5.76 Å². The maximum Gasteiger partial charge on any atom is 0.292 e. The van der Waals surface area contributed by atoms with Crippen LogP contribution in [0.15, 0.2) is 4.42 Å². The molecule has 0 amide bonds. The van der Waals surface area contributed by atoms with E-state index in [0.717, 1.165) is 30.2 Å². The van der Waals surface area contributed by atoms with Gasteiger partial charge in [-0.3, -0.25) is 0 Å². The van der Waals surface area contributed by atoms with Gasteiger partial charge in [0.2, 0.25) is 0 Å². The molecule has 0 radical (unpaired) electrons. The number of anilines is 1. The lowest BCUT2D eigenvalue weighted by Gasteiger charge is -2.41. The normalized spacial score (nSPS) is 27.4. The molecule has 1 aromatic heterocycles. The van der Waals surface area contributed by atoms with Crippen LogP contribution in [0.1, 0.15) is 24.3 Å². The molecule has 0 spiro atoms. The average molecular weight is 280 g/mol. The average Bonchev–Trinajstić information content (AvgIpc) is 2.55. The zero-order chi connectivity index (χ0) is 10.4. The summed E-state index contributed by atoms with van der Waals surface area (Å²) in [5.74, 6) is 1.77. The van der Waals surface area contributed by atoms with Crippen LogP contribution >= 0.6 is 24.8 Å². The first-order valence-corrected chi connectivity index (χ1v) is 5.68. The van der Waals surface area contributed by atoms with E-state index in [1.807, 2.05) is 0 Å². The second-order valence-corrected chi connectivity index (χ2v) is 4.78. The van der Waals surface area contributed by atoms with Crippen LogP contribution in [-0.2, 0) is 12.8 Å². The summed E-state index contributed by atoms with van der Waals surface area (Å²) in [7, 11) is 2.21. The van der Waals surface area contributed by atoms with E-state index in [0.29, 0.717) is 12.1 Å². The van der Waals surface area contributed by atoms with Crippen LogP contribution in [-0.4, -0.2) is 29.5 Å². The Balaban J connectivity index is 0.000000722. The number of hydrogen-bond acceptors (Lipinski definition) is 4. The van der Waals surface area contributed by atoms with E-state index >= 15 is 0 Å². The number of piperidine rings is 1. The van der Waals surface area contributed by atoms with Crippen molar-refractivity contribution < 1.29 is 4.42 Å². The minimum absolute atomic E-state index is 0. The van der Waals surface area contributed by atoms with Gasteiger partial charge < -0.3 is 15.1 Å². The third-order valence-corrected chi connectivity index (χ3v) is 3.84. The predicted octanol–water partition coefficient (Wildman–Crippen LogP) is 1.91. The number of halogens is 2. The second kappa shape index (κ2) is 5.46. The molecule has 2 N–H and O–H groups in total. The van der Waals surface area contributed by atoms with Crippen molar-refractivity contribution in [1.29, 1.82) is 0 Å². The molecule has 0 bridgehead atoms. The Kier molecular flexibility index (Phi) is 4.69. The van der Waals surface area contributed by atoms with Crippen molar-refractivity contribution in [3.63, 3.8) is 0 Å². The fourth-order valence-electron chi connectivity index (χ4n) is 3.04. The Morgan fingerprint density at radius 3 is 2.88 bits per heavy atom. The number of hydrogen-bond donors (Lipinski definition) is 1. The first-order chi connectivity index (χ1) is 7.24. The minimum atomic E-state index is 0. The van der Waals surface area contributed by atoms with E-state index in [-0.39, 0.29) is 24.8 Å². The van der Waals surface area contributed by atoms with E-state index in [1.165, 1.54) is 19.4 Å². The molecule has 98 valence electrons. The van der Waals surface area contributed by atoms with Crippen LogP contribution in [0.4, 0.5) is 6.01 Å². The summed E-state index contributed by atoms with van der Waals surface area (Å²) in [5, 5.41) is 0. The molecule has 0 aromatic carbocycles. The molecule has 2 atom stereocenters. The summed E-state index contributed by atoms with van der Waals surface area (Å²) in [4.78, 5) is 6.71. The SMILES string of the molecule is CN1CCC[C@H]2Cc3nc(N)oc3C[C@@H]21.Cl.Cl. The van der Waals surface area contributed by atoms with Crippen molar-refractivity contribution in [2.45, 2.75) is 31.7 Å². The summed E-state index contributed by atoms with van der Waals surface area (Å²) in [6.45, 7) is 1.21. The highest BCUT2D eigenvalue weighted by Crippen LogP contribution is 2.34. The quantitative estimate of drug-likeness (QED) is 0.788. The molecule has 6 heteroatoms. The van der Waals surface area contributed by atoms with Crippen LogP contribution < -0.4 is 5.73 Å². The van der Waals surface area contributed by atoms with Crippen molar-refractivity contribution in [2.24, 2.45) is 5.92 Å². The van der Waals surface area contributed by atoms with Crippen molar-refractivity contribution in [3.05, 3.63) is 11.5 Å². The van der Waals surface area contributed by atoms with Crippen LogP contribution in [0.3, 0.4) is 0 Å². The smallest absolute Gasteiger partial charge is 0.292 e. The van der Waals surface area contributed by atoms with Gasteiger partial charge in [0.05, 0.1) is 5.69 Å². The van der Waals surface area contributed by atoms with Crippen LogP contribution in [0.2, 0.25) is 0 Å². The van der Waals surface area contributed by atoms with Crippen LogP contribution in [0.5, 0.6) is 0 Å². The molecule has 0 saturated carbocycles. The lowest BCUT2D eigenvalue weighted by Crippen LogP contribution is -2.46. The summed E-state index contributed by atoms with van der Waals surface area (Å²) in [6.07, 6.45) is 4.66. The molecule has 1 saturated heterocycles. The predicted molar refractivity (Wildman–Crippen MR) is 72.0 cm³/mol. The Morgan fingerprint density at radius 2 is 2.12 bits per heavy atom. The fraction of sp³-hybridized carbons (Fsp3) is 0.727. The Labute approximate surface area is 114 Å². The number of oxazole rings is 1. The lowest BCUT2D eigenvalue weighted by molar-refractivity contribution is 0.106. The zero-order valence-electron chi connectivity index (χ0n) is 9.89. The Hall–Kier alpha value is -0.450. The monoisotopic (exact) mass is 279 g/mol. The molecule has 1 aliphatic heterocycles. The second-order valence-electron chi connectivity index (χ2n) is 4.78. The summed E-state index contributed by atoms with van der Waals surface area (Å²) >= 11 is 0. The van der Waals surface area contributed by atoms with Crippen molar-refractivity contribution in [1.82, 2.24) is 9.88 Å². The molecule has 1 aliphatic carbocycles. The van der Waals surface area contributed by atoms with Gasteiger partial charge >= 0.3 is 0 Å². The van der Waals surface area contributed by atoms with E-state index in [9.17, 15) is 0 Å². The van der Waals surface area contributed by atoms with Gasteiger partial charge in [-0.1, -0.05) is 0 Å². The molecule has 1 aromatic rings. The van der Waals surface area contributed by atoms with E-state index in [2.05, 4.69) is 16.9 Å². The molecular formula is C11H19Cl2N3O. The number of likely N-dealkylation sites (N-methyl/N-ethyl adjacent to an activating group) is 1. The third kappa shape index (κ3) is 2.54. The summed E-state index contributed by atoms with van der Waals surface area (Å²) in [5.41, 5.74) is 6.69. The molecule has 4 nitrogen and oxygen atoms in total. The van der Waals surface area contributed by atoms with E-state index in [1.54, 1.807) is 0 Å². The molecule has 0 unspecified atom stereocenters. The molecule has 3 rings (SSSR count). The number of rotatable bonds is 0. The highest BCUT2D eigenvalue weighted by molar-refractivity contribution is 5.85. The zero-order valence-corrected chi connectivity index (χ0v) is 11.5. The Morgan fingerprint density at radius 1 is 1.35 bits per heavy atom. The summed E-state index contributed by atoms with van der Waals surface area (Å²) in [6, 6.07) is 0.972. The number of aromatic nitrogens is 1. The van der Waals surface area contributed by atoms with Crippen molar-refractivity contribution in [2.75, 3.05) is 19.3 Å². The van der Waals surface area contributed by atoms with Gasteiger partial charge in [-0.2, -0.15) is 4.98 Å². The maximum atomic E-state index is 5.59. The number of nitrogens with zero attached hydrogens (tertiary/aromatic N) is 2. The Bertz CT molecular complexity index is 383. The van der Waals surface area contributed by atoms with Gasteiger partial charge in [-0.05, 0) is 38.8 Å². The van der Waals surface area contributed by atoms with Crippen LogP contribution in [0, 0.1) is 5.92 Å². The summed E-state index contributed by atoms with van der Waals surface area (Å²) < 4.78 is 5.44. The van der Waals surface area contributed by atoms with E-state index in [4.69, 9.17) is 10.2 Å². The molecular weight excluding hydrogens is 261 g/mol. The van der Waals surface area contributed by atoms with Gasteiger partial charge in [0, 0.05) is 12.5 Å².